The van der Waals surface area contributed by atoms with Crippen molar-refractivity contribution in [3.8, 4) is 5.75 Å². The minimum Gasteiger partial charge on any atom is -0.489 e. The third-order valence-corrected chi connectivity index (χ3v) is 5.16. The van der Waals surface area contributed by atoms with Crippen LogP contribution in [-0.2, 0) is 17.8 Å². The fourth-order valence-electron chi connectivity index (χ4n) is 2.47. The number of carbonyl (C=O) groups excluding carboxylic acids is 1. The number of hydrogen-bond donors (Lipinski definition) is 1. The molecule has 1 aromatic heterocycles. The standard InChI is InChI=1S/C21H22N2O2S/c1-15-16(2)26-21(22-15)13-12-20(24)23-18-8-10-19(11-9-18)25-14-17-6-4-3-5-7-17/h3-11H,12-14H2,1-2H3,(H,23,24). The number of nitrogens with zero attached hydrogens (tertiary/aromatic N) is 1. The molecule has 0 aliphatic heterocycles. The zero-order chi connectivity index (χ0) is 18.4. The molecule has 3 rings (SSSR count). The number of benzene rings is 2. The molecule has 3 aromatic rings. The van der Waals surface area contributed by atoms with Crippen LogP contribution in [-0.4, -0.2) is 10.9 Å². The lowest BCUT2D eigenvalue weighted by molar-refractivity contribution is -0.116. The van der Waals surface area contributed by atoms with Gasteiger partial charge >= 0.3 is 0 Å². The van der Waals surface area contributed by atoms with Crippen molar-refractivity contribution in [1.29, 1.82) is 0 Å². The first-order chi connectivity index (χ1) is 12.6. The number of aryl methyl sites for hydroxylation is 3. The highest BCUT2D eigenvalue weighted by atomic mass is 32.1. The van der Waals surface area contributed by atoms with Crippen LogP contribution in [0.25, 0.3) is 0 Å². The Hall–Kier alpha value is -2.66. The van der Waals surface area contributed by atoms with Crippen LogP contribution in [0.1, 0.15) is 27.6 Å². The van der Waals surface area contributed by atoms with Crippen LogP contribution in [0.15, 0.2) is 54.6 Å². The Morgan fingerprint density at radius 2 is 1.81 bits per heavy atom. The average Bonchev–Trinajstić information content (AvgIpc) is 2.98. The summed E-state index contributed by atoms with van der Waals surface area (Å²) >= 11 is 1.66. The molecule has 1 heterocycles. The van der Waals surface area contributed by atoms with Crippen molar-refractivity contribution in [1.82, 2.24) is 4.98 Å². The van der Waals surface area contributed by atoms with Crippen LogP contribution in [0, 0.1) is 13.8 Å². The number of rotatable bonds is 7. The summed E-state index contributed by atoms with van der Waals surface area (Å²) in [5, 5.41) is 3.93. The van der Waals surface area contributed by atoms with Gasteiger partial charge in [-0.15, -0.1) is 11.3 Å². The van der Waals surface area contributed by atoms with Gasteiger partial charge in [-0.1, -0.05) is 30.3 Å². The van der Waals surface area contributed by atoms with Gasteiger partial charge in [0, 0.05) is 23.4 Å². The molecule has 2 aromatic carbocycles. The summed E-state index contributed by atoms with van der Waals surface area (Å²) in [7, 11) is 0. The summed E-state index contributed by atoms with van der Waals surface area (Å²) in [5.41, 5.74) is 2.95. The van der Waals surface area contributed by atoms with E-state index in [1.165, 1.54) is 4.88 Å². The van der Waals surface area contributed by atoms with Crippen molar-refractivity contribution in [2.24, 2.45) is 0 Å². The molecule has 1 N–H and O–H groups in total. The maximum atomic E-state index is 12.1. The van der Waals surface area contributed by atoms with Gasteiger partial charge in [0.05, 0.1) is 10.7 Å². The van der Waals surface area contributed by atoms with E-state index in [-0.39, 0.29) is 5.91 Å². The number of hydrogen-bond acceptors (Lipinski definition) is 4. The Morgan fingerprint density at radius 3 is 2.46 bits per heavy atom. The van der Waals surface area contributed by atoms with Gasteiger partial charge in [0.1, 0.15) is 12.4 Å². The number of anilines is 1. The van der Waals surface area contributed by atoms with Crippen molar-refractivity contribution in [2.75, 3.05) is 5.32 Å². The Balaban J connectivity index is 1.46. The molecule has 0 aliphatic rings. The fraction of sp³-hybridized carbons (Fsp3) is 0.238. The molecule has 0 spiro atoms. The first-order valence-corrected chi connectivity index (χ1v) is 9.41. The second-order valence-corrected chi connectivity index (χ2v) is 7.38. The van der Waals surface area contributed by atoms with Gasteiger partial charge < -0.3 is 10.1 Å². The highest BCUT2D eigenvalue weighted by molar-refractivity contribution is 7.11. The fourth-order valence-corrected chi connectivity index (χ4v) is 3.40. The minimum absolute atomic E-state index is 0.00606. The van der Waals surface area contributed by atoms with Gasteiger partial charge in [-0.25, -0.2) is 4.98 Å². The molecule has 134 valence electrons. The van der Waals surface area contributed by atoms with E-state index in [9.17, 15) is 4.79 Å². The van der Waals surface area contributed by atoms with Gasteiger partial charge in [-0.2, -0.15) is 0 Å². The van der Waals surface area contributed by atoms with Crippen molar-refractivity contribution in [3.63, 3.8) is 0 Å². The van der Waals surface area contributed by atoms with Crippen molar-refractivity contribution < 1.29 is 9.53 Å². The Morgan fingerprint density at radius 1 is 1.08 bits per heavy atom. The molecule has 0 saturated carbocycles. The van der Waals surface area contributed by atoms with Gasteiger partial charge in [-0.05, 0) is 43.7 Å². The van der Waals surface area contributed by atoms with Gasteiger partial charge in [0.25, 0.3) is 0 Å². The summed E-state index contributed by atoms with van der Waals surface area (Å²) in [4.78, 5) is 17.8. The average molecular weight is 366 g/mol. The van der Waals surface area contributed by atoms with Crippen LogP contribution in [0.5, 0.6) is 5.75 Å². The lowest BCUT2D eigenvalue weighted by atomic mass is 10.2. The Bertz CT molecular complexity index is 838. The first kappa shape index (κ1) is 18.1. The molecule has 0 unspecified atom stereocenters. The predicted octanol–water partition coefficient (Wildman–Crippen LogP) is 4.91. The molecular formula is C21H22N2O2S. The summed E-state index contributed by atoms with van der Waals surface area (Å²) < 4.78 is 5.75. The van der Waals surface area contributed by atoms with Crippen LogP contribution < -0.4 is 10.1 Å². The third kappa shape index (κ3) is 5.17. The lowest BCUT2D eigenvalue weighted by Crippen LogP contribution is -2.12. The quantitative estimate of drug-likeness (QED) is 0.646. The van der Waals surface area contributed by atoms with E-state index in [2.05, 4.69) is 17.2 Å². The van der Waals surface area contributed by atoms with E-state index < -0.39 is 0 Å². The topological polar surface area (TPSA) is 51.2 Å². The lowest BCUT2D eigenvalue weighted by Gasteiger charge is -2.08. The van der Waals surface area contributed by atoms with Crippen LogP contribution >= 0.6 is 11.3 Å². The number of thiazole rings is 1. The van der Waals surface area contributed by atoms with Crippen molar-refractivity contribution in [2.45, 2.75) is 33.3 Å². The Kier molecular flexibility index (Phi) is 6.02. The van der Waals surface area contributed by atoms with E-state index in [1.807, 2.05) is 61.5 Å². The molecule has 0 bridgehead atoms. The first-order valence-electron chi connectivity index (χ1n) is 8.60. The summed E-state index contributed by atoms with van der Waals surface area (Å²) in [6, 6.07) is 17.5. The van der Waals surface area contributed by atoms with Gasteiger partial charge in [0.2, 0.25) is 5.91 Å². The molecule has 0 saturated heterocycles. The van der Waals surface area contributed by atoms with E-state index in [4.69, 9.17) is 4.74 Å². The smallest absolute Gasteiger partial charge is 0.224 e. The largest absolute Gasteiger partial charge is 0.489 e. The number of aromatic nitrogens is 1. The van der Waals surface area contributed by atoms with Crippen LogP contribution in [0.3, 0.4) is 0 Å². The van der Waals surface area contributed by atoms with E-state index in [1.54, 1.807) is 11.3 Å². The number of nitrogens with one attached hydrogen (secondary N) is 1. The van der Waals surface area contributed by atoms with Crippen LogP contribution in [0.2, 0.25) is 0 Å². The molecule has 0 radical (unpaired) electrons. The Labute approximate surface area is 157 Å². The molecular weight excluding hydrogens is 344 g/mol. The van der Waals surface area contributed by atoms with Gasteiger partial charge in [0.15, 0.2) is 0 Å². The predicted molar refractivity (Wildman–Crippen MR) is 106 cm³/mol. The van der Waals surface area contributed by atoms with Gasteiger partial charge in [-0.3, -0.25) is 4.79 Å². The monoisotopic (exact) mass is 366 g/mol. The highest BCUT2D eigenvalue weighted by Gasteiger charge is 2.08. The summed E-state index contributed by atoms with van der Waals surface area (Å²) in [5.74, 6) is 0.772. The normalized spacial score (nSPS) is 10.5. The van der Waals surface area contributed by atoms with E-state index in [0.717, 1.165) is 27.7 Å². The van der Waals surface area contributed by atoms with Crippen molar-refractivity contribution >= 4 is 22.9 Å². The second-order valence-electron chi connectivity index (χ2n) is 6.10. The SMILES string of the molecule is Cc1nc(CCC(=O)Nc2ccc(OCc3ccccc3)cc2)sc1C. The second kappa shape index (κ2) is 8.63. The number of ether oxygens (including phenoxy) is 1. The molecule has 4 nitrogen and oxygen atoms in total. The number of carbonyl (C=O) groups is 1. The van der Waals surface area contributed by atoms with E-state index >= 15 is 0 Å². The number of amides is 1. The van der Waals surface area contributed by atoms with Crippen LogP contribution in [0.4, 0.5) is 5.69 Å². The van der Waals surface area contributed by atoms with Crippen molar-refractivity contribution in [3.05, 3.63) is 75.7 Å². The zero-order valence-corrected chi connectivity index (χ0v) is 15.8. The molecule has 1 amide bonds. The summed E-state index contributed by atoms with van der Waals surface area (Å²) in [6.07, 6.45) is 1.10. The maximum Gasteiger partial charge on any atom is 0.224 e. The molecule has 5 heteroatoms. The molecule has 26 heavy (non-hydrogen) atoms. The van der Waals surface area contributed by atoms with E-state index in [0.29, 0.717) is 19.4 Å². The minimum atomic E-state index is -0.00606. The molecule has 0 atom stereocenters. The highest BCUT2D eigenvalue weighted by Crippen LogP contribution is 2.19. The molecule has 0 aliphatic carbocycles. The zero-order valence-electron chi connectivity index (χ0n) is 15.0. The third-order valence-electron chi connectivity index (χ3n) is 4.03. The summed E-state index contributed by atoms with van der Waals surface area (Å²) in [6.45, 7) is 4.58. The molecule has 0 fully saturated rings. The maximum absolute atomic E-state index is 12.1.